The molecule has 0 aliphatic heterocycles. The molecule has 0 bridgehead atoms. The molecule has 0 heterocycles. The van der Waals surface area contributed by atoms with Crippen molar-refractivity contribution in [2.75, 3.05) is 0 Å². The van der Waals surface area contributed by atoms with Crippen LogP contribution in [0.15, 0.2) is 60.6 Å². The summed E-state index contributed by atoms with van der Waals surface area (Å²) in [4.78, 5) is 15.9. The Morgan fingerprint density at radius 2 is 1.93 bits per heavy atom. The van der Waals surface area contributed by atoms with Crippen LogP contribution in [0.25, 0.3) is 11.1 Å². The number of halogens is 3. The van der Waals surface area contributed by atoms with Crippen molar-refractivity contribution in [2.45, 2.75) is 26.4 Å². The highest BCUT2D eigenvalue weighted by Gasteiger charge is 2.31. The van der Waals surface area contributed by atoms with Crippen LogP contribution in [-0.4, -0.2) is 23.6 Å². The summed E-state index contributed by atoms with van der Waals surface area (Å²) in [6, 6.07) is 7.18. The lowest BCUT2D eigenvalue weighted by molar-refractivity contribution is -0.274. The number of benzene rings is 2. The number of allylic oxidation sites excluding steroid dienone is 1. The number of nitrogens with one attached hydrogen (secondary N) is 1. The van der Waals surface area contributed by atoms with E-state index in [4.69, 9.17) is 0 Å². The number of aliphatic imine (C=N–C) groups is 1. The molecule has 2 rings (SSSR count). The molecule has 2 N–H and O–H groups in total. The van der Waals surface area contributed by atoms with Crippen LogP contribution < -0.4 is 10.1 Å². The fourth-order valence-corrected chi connectivity index (χ4v) is 2.90. The lowest BCUT2D eigenvalue weighted by Gasteiger charge is -2.18. The number of carbonyl (C=O) groups excluding carboxylic acids is 1. The first-order chi connectivity index (χ1) is 14.2. The largest absolute Gasteiger partial charge is 0.573 e. The Labute approximate surface area is 172 Å². The number of rotatable bonds is 8. The lowest BCUT2D eigenvalue weighted by Crippen LogP contribution is -2.21. The molecule has 8 heteroatoms. The van der Waals surface area contributed by atoms with Gasteiger partial charge in [0.05, 0.1) is 12.3 Å². The van der Waals surface area contributed by atoms with Crippen LogP contribution in [0.1, 0.15) is 16.7 Å². The molecule has 0 fully saturated rings. The van der Waals surface area contributed by atoms with Crippen LogP contribution in [-0.2, 0) is 17.9 Å². The van der Waals surface area contributed by atoms with E-state index in [-0.39, 0.29) is 24.8 Å². The molecular weight excluding hydrogens is 397 g/mol. The molecule has 1 amide bonds. The van der Waals surface area contributed by atoms with Gasteiger partial charge < -0.3 is 15.2 Å². The molecule has 0 saturated carbocycles. The Morgan fingerprint density at radius 1 is 1.27 bits per heavy atom. The van der Waals surface area contributed by atoms with E-state index in [1.54, 1.807) is 13.0 Å². The maximum Gasteiger partial charge on any atom is 0.573 e. The molecule has 158 valence electrons. The smallest absolute Gasteiger partial charge is 0.406 e. The number of amides is 1. The maximum absolute atomic E-state index is 12.4. The molecule has 0 aliphatic rings. The summed E-state index contributed by atoms with van der Waals surface area (Å²) in [5.74, 6) is -0.718. The highest BCUT2D eigenvalue weighted by Crippen LogP contribution is 2.37. The zero-order valence-electron chi connectivity index (χ0n) is 16.3. The summed E-state index contributed by atoms with van der Waals surface area (Å²) in [7, 11) is 0. The number of carbonyl (C=O) groups is 1. The van der Waals surface area contributed by atoms with Crippen LogP contribution >= 0.6 is 0 Å². The summed E-state index contributed by atoms with van der Waals surface area (Å²) in [6.45, 7) is 8.57. The van der Waals surface area contributed by atoms with E-state index in [2.05, 4.69) is 28.2 Å². The van der Waals surface area contributed by atoms with E-state index in [1.807, 2.05) is 0 Å². The highest BCUT2D eigenvalue weighted by atomic mass is 19.4. The third kappa shape index (κ3) is 5.81. The number of hydrogen-bond donors (Lipinski definition) is 2. The van der Waals surface area contributed by atoms with Gasteiger partial charge >= 0.3 is 6.36 Å². The van der Waals surface area contributed by atoms with Crippen LogP contribution in [0.4, 0.5) is 18.9 Å². The molecule has 0 unspecified atom stereocenters. The first-order valence-corrected chi connectivity index (χ1v) is 8.88. The van der Waals surface area contributed by atoms with Crippen molar-refractivity contribution in [1.29, 1.82) is 0 Å². The van der Waals surface area contributed by atoms with E-state index in [0.29, 0.717) is 33.5 Å². The molecule has 5 nitrogen and oxygen atoms in total. The van der Waals surface area contributed by atoms with Gasteiger partial charge in [0.15, 0.2) is 0 Å². The Hall–Kier alpha value is -3.39. The van der Waals surface area contributed by atoms with Crippen molar-refractivity contribution in [3.8, 4) is 16.9 Å². The fraction of sp³-hybridized carbons (Fsp3) is 0.182. The summed E-state index contributed by atoms with van der Waals surface area (Å²) < 4.78 is 41.1. The molecule has 0 atom stereocenters. The van der Waals surface area contributed by atoms with Crippen LogP contribution in [0.5, 0.6) is 5.75 Å². The number of ether oxygens (including phenoxy) is 1. The van der Waals surface area contributed by atoms with Crippen molar-refractivity contribution in [2.24, 2.45) is 4.99 Å². The number of aliphatic hydroxyl groups excluding tert-OH is 1. The Kier molecular flexibility index (Phi) is 7.54. The van der Waals surface area contributed by atoms with Gasteiger partial charge in [0.2, 0.25) is 5.91 Å². The van der Waals surface area contributed by atoms with Crippen LogP contribution in [0.2, 0.25) is 0 Å². The van der Waals surface area contributed by atoms with Crippen molar-refractivity contribution in [3.63, 3.8) is 0 Å². The first-order valence-electron chi connectivity index (χ1n) is 8.88. The minimum atomic E-state index is -4.77. The SMILES string of the molecule is C=CC=Nc1c(C)c(-c2ccc(OC(F)(F)F)cc2)cc(CNC(=O)C=C)c1CO. The van der Waals surface area contributed by atoms with Crippen molar-refractivity contribution in [1.82, 2.24) is 5.32 Å². The van der Waals surface area contributed by atoms with E-state index in [1.165, 1.54) is 36.6 Å². The molecule has 0 aliphatic carbocycles. The topological polar surface area (TPSA) is 70.9 Å². The summed E-state index contributed by atoms with van der Waals surface area (Å²) in [5, 5.41) is 12.6. The minimum absolute atomic E-state index is 0.111. The van der Waals surface area contributed by atoms with E-state index in [0.717, 1.165) is 6.08 Å². The number of nitrogens with zero attached hydrogens (tertiary/aromatic N) is 1. The predicted octanol–water partition coefficient (Wildman–Crippen LogP) is 4.74. The predicted molar refractivity (Wildman–Crippen MR) is 110 cm³/mol. The third-order valence-corrected chi connectivity index (χ3v) is 4.26. The van der Waals surface area contributed by atoms with Gasteiger partial charge in [-0.1, -0.05) is 31.4 Å². The second-order valence-electron chi connectivity index (χ2n) is 6.20. The second-order valence-corrected chi connectivity index (χ2v) is 6.20. The normalized spacial score (nSPS) is 11.4. The standard InChI is InChI=1S/C22H21F3N2O3/c1-4-10-26-21-14(3)18(11-16(19(21)13-28)12-27-20(29)5-2)15-6-8-17(9-7-15)30-22(23,24)25/h4-11,28H,1-2,12-13H2,3H3,(H,27,29). The van der Waals surface area contributed by atoms with Crippen molar-refractivity contribution < 1.29 is 27.8 Å². The summed E-state index contributed by atoms with van der Waals surface area (Å²) in [6.07, 6.45) is -0.694. The van der Waals surface area contributed by atoms with E-state index >= 15 is 0 Å². The monoisotopic (exact) mass is 418 g/mol. The average molecular weight is 418 g/mol. The highest BCUT2D eigenvalue weighted by molar-refractivity contribution is 5.87. The number of hydrogen-bond acceptors (Lipinski definition) is 4. The van der Waals surface area contributed by atoms with Crippen molar-refractivity contribution in [3.05, 3.63) is 72.3 Å². The van der Waals surface area contributed by atoms with Crippen LogP contribution in [0.3, 0.4) is 0 Å². The number of alkyl halides is 3. The Morgan fingerprint density at radius 3 is 2.47 bits per heavy atom. The van der Waals surface area contributed by atoms with Gasteiger partial charge in [-0.2, -0.15) is 0 Å². The minimum Gasteiger partial charge on any atom is -0.406 e. The molecule has 0 aromatic heterocycles. The van der Waals surface area contributed by atoms with Gasteiger partial charge in [-0.05, 0) is 53.5 Å². The molecule has 0 radical (unpaired) electrons. The third-order valence-electron chi connectivity index (χ3n) is 4.26. The van der Waals surface area contributed by atoms with Gasteiger partial charge in [0.25, 0.3) is 0 Å². The summed E-state index contributed by atoms with van der Waals surface area (Å²) in [5.41, 5.74) is 3.65. The summed E-state index contributed by atoms with van der Waals surface area (Å²) >= 11 is 0. The quantitative estimate of drug-likeness (QED) is 0.480. The average Bonchev–Trinajstić information content (AvgIpc) is 2.70. The van der Waals surface area contributed by atoms with Gasteiger partial charge in [-0.3, -0.25) is 9.79 Å². The van der Waals surface area contributed by atoms with E-state index < -0.39 is 6.36 Å². The Bertz CT molecular complexity index is 965. The number of aliphatic hydroxyl groups is 1. The molecule has 2 aromatic rings. The first kappa shape index (κ1) is 22.9. The maximum atomic E-state index is 12.4. The molecule has 2 aromatic carbocycles. The molecule has 0 saturated heterocycles. The second kappa shape index (κ2) is 9.89. The lowest BCUT2D eigenvalue weighted by atomic mass is 9.92. The van der Waals surface area contributed by atoms with Gasteiger partial charge in [0.1, 0.15) is 5.75 Å². The zero-order valence-corrected chi connectivity index (χ0v) is 16.3. The van der Waals surface area contributed by atoms with E-state index in [9.17, 15) is 23.1 Å². The molecule has 0 spiro atoms. The fourth-order valence-electron chi connectivity index (χ4n) is 2.90. The molecular formula is C22H21F3N2O3. The van der Waals surface area contributed by atoms with Crippen molar-refractivity contribution >= 4 is 17.8 Å². The van der Waals surface area contributed by atoms with Gasteiger partial charge in [-0.25, -0.2) is 0 Å². The Balaban J connectivity index is 2.57. The van der Waals surface area contributed by atoms with Crippen LogP contribution in [0, 0.1) is 6.92 Å². The molecule has 30 heavy (non-hydrogen) atoms. The van der Waals surface area contributed by atoms with Gasteiger partial charge in [0, 0.05) is 18.3 Å². The zero-order chi connectivity index (χ0) is 22.3. The van der Waals surface area contributed by atoms with Gasteiger partial charge in [-0.15, -0.1) is 13.2 Å².